The Hall–Kier alpha value is -0.980. The molecule has 0 aliphatic heterocycles. The lowest BCUT2D eigenvalue weighted by Gasteiger charge is -2.15. The molecule has 0 spiro atoms. The van der Waals surface area contributed by atoms with Gasteiger partial charge in [-0.25, -0.2) is 0 Å². The molecule has 0 bridgehead atoms. The number of hydrogen-bond donors (Lipinski definition) is 0. The summed E-state index contributed by atoms with van der Waals surface area (Å²) in [6.07, 6.45) is 15.9. The zero-order valence-electron chi connectivity index (χ0n) is 7.96. The van der Waals surface area contributed by atoms with Gasteiger partial charge in [0.25, 0.3) is 0 Å². The molecule has 2 rings (SSSR count). The fourth-order valence-electron chi connectivity index (χ4n) is 1.72. The van der Waals surface area contributed by atoms with Crippen molar-refractivity contribution < 1.29 is 4.74 Å². The van der Waals surface area contributed by atoms with E-state index in [1.165, 1.54) is 25.0 Å². The summed E-state index contributed by atoms with van der Waals surface area (Å²) >= 11 is 0. The monoisotopic (exact) mass is 176 g/mol. The maximum absolute atomic E-state index is 5.77. The number of rotatable bonds is 2. The van der Waals surface area contributed by atoms with Gasteiger partial charge in [-0.15, -0.1) is 0 Å². The van der Waals surface area contributed by atoms with Gasteiger partial charge in [-0.3, -0.25) is 0 Å². The highest BCUT2D eigenvalue weighted by Crippen LogP contribution is 2.22. The smallest absolute Gasteiger partial charge is 0.122 e. The second kappa shape index (κ2) is 4.31. The van der Waals surface area contributed by atoms with Crippen molar-refractivity contribution in [1.82, 2.24) is 0 Å². The number of ether oxygens (including phenoxy) is 1. The SMILES string of the molecule is C1=CC(OC2=CCCCC2)=CCC1. The van der Waals surface area contributed by atoms with E-state index in [-0.39, 0.29) is 0 Å². The quantitative estimate of drug-likeness (QED) is 0.623. The van der Waals surface area contributed by atoms with Crippen molar-refractivity contribution >= 4 is 0 Å². The Kier molecular flexibility index (Phi) is 2.86. The van der Waals surface area contributed by atoms with Crippen LogP contribution >= 0.6 is 0 Å². The summed E-state index contributed by atoms with van der Waals surface area (Å²) < 4.78 is 5.77. The molecule has 0 atom stereocenters. The van der Waals surface area contributed by atoms with Crippen LogP contribution in [-0.2, 0) is 4.74 Å². The molecule has 1 nitrogen and oxygen atoms in total. The summed E-state index contributed by atoms with van der Waals surface area (Å²) in [5.41, 5.74) is 0. The molecule has 0 unspecified atom stereocenters. The zero-order chi connectivity index (χ0) is 8.93. The third-order valence-corrected chi connectivity index (χ3v) is 2.46. The van der Waals surface area contributed by atoms with Crippen molar-refractivity contribution in [2.24, 2.45) is 0 Å². The van der Waals surface area contributed by atoms with E-state index >= 15 is 0 Å². The zero-order valence-corrected chi connectivity index (χ0v) is 7.96. The normalized spacial score (nSPS) is 22.2. The van der Waals surface area contributed by atoms with Gasteiger partial charge in [0.1, 0.15) is 11.5 Å². The Labute approximate surface area is 79.8 Å². The van der Waals surface area contributed by atoms with Crippen molar-refractivity contribution in [1.29, 1.82) is 0 Å². The predicted molar refractivity (Wildman–Crippen MR) is 54.1 cm³/mol. The second-order valence-corrected chi connectivity index (χ2v) is 3.60. The van der Waals surface area contributed by atoms with Gasteiger partial charge in [0.05, 0.1) is 0 Å². The van der Waals surface area contributed by atoms with Gasteiger partial charge in [0.15, 0.2) is 0 Å². The molecule has 0 aromatic carbocycles. The fourth-order valence-corrected chi connectivity index (χ4v) is 1.72. The Balaban J connectivity index is 1.92. The molecule has 0 saturated heterocycles. The molecular formula is C12H16O. The van der Waals surface area contributed by atoms with Crippen LogP contribution in [0.4, 0.5) is 0 Å². The first-order valence-corrected chi connectivity index (χ1v) is 5.19. The Morgan fingerprint density at radius 3 is 2.69 bits per heavy atom. The minimum absolute atomic E-state index is 1.04. The van der Waals surface area contributed by atoms with E-state index in [0.717, 1.165) is 25.0 Å². The van der Waals surface area contributed by atoms with E-state index in [1.807, 2.05) is 0 Å². The Morgan fingerprint density at radius 1 is 1.00 bits per heavy atom. The third kappa shape index (κ3) is 2.48. The molecular weight excluding hydrogens is 160 g/mol. The van der Waals surface area contributed by atoms with Crippen LogP contribution < -0.4 is 0 Å². The van der Waals surface area contributed by atoms with Gasteiger partial charge in [-0.2, -0.15) is 0 Å². The molecule has 0 aromatic heterocycles. The molecule has 1 heteroatoms. The standard InChI is InChI=1S/C12H16O/c1-3-7-11(8-4-1)13-12-9-5-2-6-10-12/h3,7-9H,1-2,4-6,10H2. The third-order valence-electron chi connectivity index (χ3n) is 2.46. The van der Waals surface area contributed by atoms with Crippen LogP contribution in [0.25, 0.3) is 0 Å². The van der Waals surface area contributed by atoms with Crippen LogP contribution in [0.15, 0.2) is 35.8 Å². The summed E-state index contributed by atoms with van der Waals surface area (Å²) in [5.74, 6) is 2.21. The lowest BCUT2D eigenvalue weighted by molar-refractivity contribution is 0.290. The lowest BCUT2D eigenvalue weighted by Crippen LogP contribution is -1.97. The van der Waals surface area contributed by atoms with Crippen LogP contribution in [-0.4, -0.2) is 0 Å². The molecule has 2 aliphatic rings. The minimum atomic E-state index is 1.04. The van der Waals surface area contributed by atoms with Crippen LogP contribution in [0.5, 0.6) is 0 Å². The lowest BCUT2D eigenvalue weighted by atomic mass is 10.1. The molecule has 0 fully saturated rings. The topological polar surface area (TPSA) is 9.23 Å². The predicted octanol–water partition coefficient (Wildman–Crippen LogP) is 3.69. The van der Waals surface area contributed by atoms with Crippen molar-refractivity contribution in [3.05, 3.63) is 35.8 Å². The molecule has 2 aliphatic carbocycles. The first kappa shape index (κ1) is 8.61. The van der Waals surface area contributed by atoms with Crippen molar-refractivity contribution in [3.63, 3.8) is 0 Å². The fraction of sp³-hybridized carbons (Fsp3) is 0.500. The van der Waals surface area contributed by atoms with Gasteiger partial charge in [-0.05, 0) is 50.3 Å². The minimum Gasteiger partial charge on any atom is -0.462 e. The van der Waals surface area contributed by atoms with Crippen LogP contribution in [0.1, 0.15) is 38.5 Å². The van der Waals surface area contributed by atoms with Crippen molar-refractivity contribution in [2.75, 3.05) is 0 Å². The van der Waals surface area contributed by atoms with Gasteiger partial charge >= 0.3 is 0 Å². The van der Waals surface area contributed by atoms with E-state index in [2.05, 4.69) is 24.3 Å². The molecule has 0 heterocycles. The second-order valence-electron chi connectivity index (χ2n) is 3.60. The van der Waals surface area contributed by atoms with E-state index in [4.69, 9.17) is 4.74 Å². The molecule has 0 aromatic rings. The van der Waals surface area contributed by atoms with E-state index < -0.39 is 0 Å². The summed E-state index contributed by atoms with van der Waals surface area (Å²) in [5, 5.41) is 0. The van der Waals surface area contributed by atoms with Gasteiger partial charge in [-0.1, -0.05) is 6.08 Å². The maximum atomic E-state index is 5.77. The number of hydrogen-bond acceptors (Lipinski definition) is 1. The Morgan fingerprint density at radius 2 is 2.00 bits per heavy atom. The molecule has 13 heavy (non-hydrogen) atoms. The van der Waals surface area contributed by atoms with E-state index in [9.17, 15) is 0 Å². The highest BCUT2D eigenvalue weighted by molar-refractivity contribution is 5.18. The largest absolute Gasteiger partial charge is 0.462 e. The van der Waals surface area contributed by atoms with Gasteiger partial charge < -0.3 is 4.74 Å². The van der Waals surface area contributed by atoms with Crippen LogP contribution in [0.3, 0.4) is 0 Å². The average molecular weight is 176 g/mol. The first-order chi connectivity index (χ1) is 6.45. The number of allylic oxidation sites excluding steroid dienone is 5. The van der Waals surface area contributed by atoms with Crippen molar-refractivity contribution in [3.8, 4) is 0 Å². The summed E-state index contributed by atoms with van der Waals surface area (Å²) in [6.45, 7) is 0. The van der Waals surface area contributed by atoms with E-state index in [1.54, 1.807) is 0 Å². The summed E-state index contributed by atoms with van der Waals surface area (Å²) in [7, 11) is 0. The maximum Gasteiger partial charge on any atom is 0.122 e. The summed E-state index contributed by atoms with van der Waals surface area (Å²) in [6, 6.07) is 0. The highest BCUT2D eigenvalue weighted by atomic mass is 16.5. The molecule has 0 radical (unpaired) electrons. The molecule has 0 saturated carbocycles. The molecule has 0 N–H and O–H groups in total. The van der Waals surface area contributed by atoms with E-state index in [0.29, 0.717) is 0 Å². The summed E-state index contributed by atoms with van der Waals surface area (Å²) in [4.78, 5) is 0. The molecule has 70 valence electrons. The van der Waals surface area contributed by atoms with Crippen molar-refractivity contribution in [2.45, 2.75) is 38.5 Å². The van der Waals surface area contributed by atoms with Crippen LogP contribution in [0, 0.1) is 0 Å². The van der Waals surface area contributed by atoms with Gasteiger partial charge in [0.2, 0.25) is 0 Å². The van der Waals surface area contributed by atoms with Crippen LogP contribution in [0.2, 0.25) is 0 Å². The highest BCUT2D eigenvalue weighted by Gasteiger charge is 2.06. The Bertz CT molecular complexity index is 258. The first-order valence-electron chi connectivity index (χ1n) is 5.19. The average Bonchev–Trinajstić information content (AvgIpc) is 2.21. The van der Waals surface area contributed by atoms with Gasteiger partial charge in [0, 0.05) is 6.42 Å². The molecule has 0 amide bonds.